The molecule has 0 aromatic rings. The first-order chi connectivity index (χ1) is 23.1. The molecule has 0 saturated heterocycles. The molecule has 0 aliphatic heterocycles. The van der Waals surface area contributed by atoms with Crippen molar-refractivity contribution in [3.05, 3.63) is 36.5 Å². The van der Waals surface area contributed by atoms with Crippen LogP contribution in [0.4, 0.5) is 0 Å². The molecule has 0 radical (unpaired) electrons. The lowest BCUT2D eigenvalue weighted by molar-refractivity contribution is -0.124. The first-order valence-corrected chi connectivity index (χ1v) is 20.3. The van der Waals surface area contributed by atoms with E-state index in [1.165, 1.54) is 128 Å². The molecule has 4 N–H and O–H groups in total. The minimum Gasteiger partial charge on any atom is -0.394 e. The minimum absolute atomic E-state index is 0.163. The van der Waals surface area contributed by atoms with Gasteiger partial charge in [0.05, 0.1) is 18.8 Å². The zero-order valence-corrected chi connectivity index (χ0v) is 31.2. The van der Waals surface area contributed by atoms with E-state index in [-0.39, 0.29) is 12.5 Å². The van der Waals surface area contributed by atoms with Gasteiger partial charge in [-0.2, -0.15) is 0 Å². The van der Waals surface area contributed by atoms with Gasteiger partial charge >= 0.3 is 0 Å². The van der Waals surface area contributed by atoms with E-state index in [0.717, 1.165) is 44.9 Å². The van der Waals surface area contributed by atoms with Crippen molar-refractivity contribution in [3.63, 3.8) is 0 Å². The third-order valence-corrected chi connectivity index (χ3v) is 9.22. The molecule has 5 heteroatoms. The first-order valence-electron chi connectivity index (χ1n) is 20.3. The molecule has 0 aromatic carbocycles. The molecule has 0 bridgehead atoms. The van der Waals surface area contributed by atoms with Crippen molar-refractivity contribution >= 4 is 5.91 Å². The topological polar surface area (TPSA) is 89.8 Å². The number of nitrogens with one attached hydrogen (secondary N) is 1. The second-order valence-corrected chi connectivity index (χ2v) is 13.8. The highest BCUT2D eigenvalue weighted by atomic mass is 16.3. The quantitative estimate of drug-likeness (QED) is 0.0397. The Labute approximate surface area is 292 Å². The van der Waals surface area contributed by atoms with E-state index in [1.807, 2.05) is 0 Å². The Hall–Kier alpha value is -1.43. The molecule has 47 heavy (non-hydrogen) atoms. The first kappa shape index (κ1) is 45.6. The molecule has 0 aromatic heterocycles. The maximum absolute atomic E-state index is 12.3. The number of aliphatic hydroxyl groups is 3. The van der Waals surface area contributed by atoms with Crippen LogP contribution in [0.3, 0.4) is 0 Å². The van der Waals surface area contributed by atoms with E-state index in [0.29, 0.717) is 12.8 Å². The Kier molecular flexibility index (Phi) is 36.3. The van der Waals surface area contributed by atoms with E-state index in [4.69, 9.17) is 0 Å². The number of allylic oxidation sites excluding steroid dienone is 6. The van der Waals surface area contributed by atoms with Crippen LogP contribution < -0.4 is 5.32 Å². The average Bonchev–Trinajstić information content (AvgIpc) is 3.07. The van der Waals surface area contributed by atoms with Crippen LogP contribution in [0.1, 0.15) is 200 Å². The van der Waals surface area contributed by atoms with Gasteiger partial charge in [0, 0.05) is 6.42 Å². The number of hydrogen-bond acceptors (Lipinski definition) is 4. The van der Waals surface area contributed by atoms with Crippen LogP contribution in [0.2, 0.25) is 0 Å². The predicted molar refractivity (Wildman–Crippen MR) is 204 cm³/mol. The van der Waals surface area contributed by atoms with Crippen LogP contribution in [0, 0.1) is 0 Å². The molecule has 0 aliphatic carbocycles. The highest BCUT2D eigenvalue weighted by Crippen LogP contribution is 2.14. The molecular formula is C42H79NO4. The summed E-state index contributed by atoms with van der Waals surface area (Å²) in [6, 6.07) is -0.825. The Bertz CT molecular complexity index is 734. The van der Waals surface area contributed by atoms with Crippen molar-refractivity contribution in [2.45, 2.75) is 218 Å². The molecule has 0 rings (SSSR count). The maximum atomic E-state index is 12.3. The fourth-order valence-electron chi connectivity index (χ4n) is 6.01. The lowest BCUT2D eigenvalue weighted by atomic mass is 10.0. The maximum Gasteiger partial charge on any atom is 0.220 e. The third kappa shape index (κ3) is 32.9. The van der Waals surface area contributed by atoms with E-state index in [2.05, 4.69) is 55.6 Å². The normalized spacial score (nSPS) is 14.1. The largest absolute Gasteiger partial charge is 0.394 e. The van der Waals surface area contributed by atoms with E-state index in [1.54, 1.807) is 0 Å². The Morgan fingerprint density at radius 1 is 0.532 bits per heavy atom. The van der Waals surface area contributed by atoms with Crippen molar-refractivity contribution in [1.29, 1.82) is 0 Å². The number of rotatable bonds is 36. The molecule has 0 heterocycles. The smallest absolute Gasteiger partial charge is 0.220 e. The summed E-state index contributed by atoms with van der Waals surface area (Å²) in [7, 11) is 0. The second-order valence-electron chi connectivity index (χ2n) is 13.8. The standard InChI is InChI=1S/C42H79NO4/c1-3-5-7-9-11-13-14-15-16-17-18-19-20-21-22-23-24-25-26-27-28-29-31-33-35-37-41(46)43-39(38-44)42(47)40(45)36-34-32-30-12-10-8-6-4-2/h12,18-19,21-22,30,39-40,42,44-45,47H,3-11,13-17,20,23-29,31-38H2,1-2H3,(H,43,46)/b19-18-,22-21-,30-12+. The van der Waals surface area contributed by atoms with Crippen molar-refractivity contribution in [3.8, 4) is 0 Å². The van der Waals surface area contributed by atoms with Crippen LogP contribution >= 0.6 is 0 Å². The van der Waals surface area contributed by atoms with Gasteiger partial charge in [0.25, 0.3) is 0 Å². The summed E-state index contributed by atoms with van der Waals surface area (Å²) in [6.07, 6.45) is 45.5. The summed E-state index contributed by atoms with van der Waals surface area (Å²) < 4.78 is 0. The molecule has 5 nitrogen and oxygen atoms in total. The summed E-state index contributed by atoms with van der Waals surface area (Å²) in [5, 5.41) is 33.2. The minimum atomic E-state index is -1.16. The molecule has 0 aliphatic rings. The molecule has 0 saturated carbocycles. The van der Waals surface area contributed by atoms with Gasteiger partial charge in [-0.1, -0.05) is 159 Å². The SMILES string of the molecule is CCCCC/C=C/CCCC(O)C(O)C(CO)NC(=O)CCCCCCCCCCC/C=C\C/C=C\CCCCCCCCCCC. The molecule has 1 amide bonds. The van der Waals surface area contributed by atoms with Gasteiger partial charge in [-0.3, -0.25) is 4.79 Å². The molecular weight excluding hydrogens is 582 g/mol. The zero-order valence-electron chi connectivity index (χ0n) is 31.2. The van der Waals surface area contributed by atoms with Crippen LogP contribution in [-0.4, -0.2) is 46.1 Å². The summed E-state index contributed by atoms with van der Waals surface area (Å²) in [6.45, 7) is 4.10. The number of aliphatic hydroxyl groups excluding tert-OH is 3. The van der Waals surface area contributed by atoms with Crippen molar-refractivity contribution in [2.24, 2.45) is 0 Å². The lowest BCUT2D eigenvalue weighted by Crippen LogP contribution is -2.50. The van der Waals surface area contributed by atoms with Gasteiger partial charge < -0.3 is 20.6 Å². The van der Waals surface area contributed by atoms with Crippen LogP contribution in [0.25, 0.3) is 0 Å². The summed E-state index contributed by atoms with van der Waals surface area (Å²) in [5.41, 5.74) is 0. The fourth-order valence-corrected chi connectivity index (χ4v) is 6.01. The monoisotopic (exact) mass is 662 g/mol. The predicted octanol–water partition coefficient (Wildman–Crippen LogP) is 11.2. The summed E-state index contributed by atoms with van der Waals surface area (Å²) in [5.74, 6) is -0.163. The second kappa shape index (κ2) is 37.4. The number of carbonyl (C=O) groups is 1. The molecule has 0 fully saturated rings. The van der Waals surface area contributed by atoms with Crippen LogP contribution in [0.15, 0.2) is 36.5 Å². The molecule has 3 unspecified atom stereocenters. The number of hydrogen-bond donors (Lipinski definition) is 4. The van der Waals surface area contributed by atoms with Crippen LogP contribution in [-0.2, 0) is 4.79 Å². The zero-order chi connectivity index (χ0) is 34.5. The summed E-state index contributed by atoms with van der Waals surface area (Å²) in [4.78, 5) is 12.3. The third-order valence-electron chi connectivity index (χ3n) is 9.22. The summed E-state index contributed by atoms with van der Waals surface area (Å²) >= 11 is 0. The Morgan fingerprint density at radius 3 is 1.40 bits per heavy atom. The highest BCUT2D eigenvalue weighted by molar-refractivity contribution is 5.76. The van der Waals surface area contributed by atoms with Gasteiger partial charge in [0.2, 0.25) is 5.91 Å². The Balaban J connectivity index is 3.60. The van der Waals surface area contributed by atoms with Crippen molar-refractivity contribution in [1.82, 2.24) is 5.32 Å². The average molecular weight is 662 g/mol. The van der Waals surface area contributed by atoms with Gasteiger partial charge in [0.1, 0.15) is 6.10 Å². The highest BCUT2D eigenvalue weighted by Gasteiger charge is 2.26. The molecule has 0 spiro atoms. The van der Waals surface area contributed by atoms with Crippen LogP contribution in [0.5, 0.6) is 0 Å². The molecule has 276 valence electrons. The van der Waals surface area contributed by atoms with E-state index >= 15 is 0 Å². The van der Waals surface area contributed by atoms with Gasteiger partial charge in [-0.25, -0.2) is 0 Å². The fraction of sp³-hybridized carbons (Fsp3) is 0.833. The number of carbonyl (C=O) groups excluding carboxylic acids is 1. The van der Waals surface area contributed by atoms with E-state index < -0.39 is 18.2 Å². The number of amides is 1. The van der Waals surface area contributed by atoms with Gasteiger partial charge in [0.15, 0.2) is 0 Å². The van der Waals surface area contributed by atoms with E-state index in [9.17, 15) is 20.1 Å². The lowest BCUT2D eigenvalue weighted by Gasteiger charge is -2.26. The van der Waals surface area contributed by atoms with Crippen molar-refractivity contribution in [2.75, 3.05) is 6.61 Å². The van der Waals surface area contributed by atoms with Gasteiger partial charge in [-0.05, 0) is 70.6 Å². The van der Waals surface area contributed by atoms with Crippen molar-refractivity contribution < 1.29 is 20.1 Å². The van der Waals surface area contributed by atoms with Gasteiger partial charge in [-0.15, -0.1) is 0 Å². The molecule has 3 atom stereocenters. The Morgan fingerprint density at radius 2 is 0.915 bits per heavy atom. The number of unbranched alkanes of at least 4 members (excludes halogenated alkanes) is 22.